The van der Waals surface area contributed by atoms with Crippen LogP contribution in [-0.4, -0.2) is 28.5 Å². The second kappa shape index (κ2) is 7.22. The maximum absolute atomic E-state index is 12.2. The number of halogens is 1. The van der Waals surface area contributed by atoms with Gasteiger partial charge in [-0.2, -0.15) is 5.10 Å². The Morgan fingerprint density at radius 3 is 3.10 bits per heavy atom. The molecule has 5 nitrogen and oxygen atoms in total. The fourth-order valence-corrected chi connectivity index (χ4v) is 2.80. The molecule has 0 spiro atoms. The van der Waals surface area contributed by atoms with Gasteiger partial charge in [0.2, 0.25) is 0 Å². The zero-order valence-corrected chi connectivity index (χ0v) is 13.6. The monoisotopic (exact) mass is 343 g/mol. The number of unbranched alkanes of at least 4 members (excludes halogenated alkanes) is 1. The molecule has 2 unspecified atom stereocenters. The average Bonchev–Trinajstić information content (AvgIpc) is 2.43. The summed E-state index contributed by atoms with van der Waals surface area (Å²) in [5, 5.41) is 7.64. The molecule has 0 aromatic carbocycles. The zero-order valence-electron chi connectivity index (χ0n) is 12.1. The molecule has 0 bridgehead atoms. The van der Waals surface area contributed by atoms with Crippen molar-refractivity contribution in [2.24, 2.45) is 0 Å². The highest BCUT2D eigenvalue weighted by Gasteiger charge is 2.20. The predicted octanol–water partition coefficient (Wildman–Crippen LogP) is 2.79. The summed E-state index contributed by atoms with van der Waals surface area (Å²) in [6.07, 6.45) is 5.91. The topological polar surface area (TPSA) is 56.1 Å². The van der Waals surface area contributed by atoms with E-state index in [9.17, 15) is 4.79 Å². The Morgan fingerprint density at radius 2 is 2.40 bits per heavy atom. The summed E-state index contributed by atoms with van der Waals surface area (Å²) in [4.78, 5) is 12.2. The lowest BCUT2D eigenvalue weighted by Gasteiger charge is -2.28. The summed E-state index contributed by atoms with van der Waals surface area (Å²) in [5.41, 5.74) is 0.713. The van der Waals surface area contributed by atoms with Gasteiger partial charge in [0.25, 0.3) is 5.56 Å². The van der Waals surface area contributed by atoms with Crippen molar-refractivity contribution < 1.29 is 4.74 Å². The second-order valence-corrected chi connectivity index (χ2v) is 6.09. The standard InChI is InChI=1S/C14H22BrN3O2/c1-3-4-6-18-14(19)13(15)12(9-16-18)17-11-5-7-20-10(2)8-11/h9-11,17H,3-8H2,1-2H3. The molecule has 0 aliphatic carbocycles. The van der Waals surface area contributed by atoms with E-state index in [1.165, 1.54) is 4.68 Å². The van der Waals surface area contributed by atoms with E-state index in [2.05, 4.69) is 40.2 Å². The van der Waals surface area contributed by atoms with Gasteiger partial charge in [-0.1, -0.05) is 13.3 Å². The summed E-state index contributed by atoms with van der Waals surface area (Å²) >= 11 is 3.40. The third-order valence-electron chi connectivity index (χ3n) is 3.55. The number of hydrogen-bond acceptors (Lipinski definition) is 4. The van der Waals surface area contributed by atoms with Gasteiger partial charge < -0.3 is 10.1 Å². The second-order valence-electron chi connectivity index (χ2n) is 5.30. The number of nitrogens with one attached hydrogen (secondary N) is 1. The Balaban J connectivity index is 2.09. The largest absolute Gasteiger partial charge is 0.380 e. The molecule has 1 aromatic rings. The van der Waals surface area contributed by atoms with Gasteiger partial charge in [-0.05, 0) is 42.1 Å². The van der Waals surface area contributed by atoms with Crippen LogP contribution in [0.5, 0.6) is 0 Å². The minimum atomic E-state index is -0.0662. The molecule has 112 valence electrons. The van der Waals surface area contributed by atoms with Crippen molar-refractivity contribution in [1.82, 2.24) is 9.78 Å². The summed E-state index contributed by atoms with van der Waals surface area (Å²) in [5.74, 6) is 0. The highest BCUT2D eigenvalue weighted by atomic mass is 79.9. The van der Waals surface area contributed by atoms with Gasteiger partial charge in [-0.15, -0.1) is 0 Å². The molecule has 1 saturated heterocycles. The number of nitrogens with zero attached hydrogens (tertiary/aromatic N) is 2. The fourth-order valence-electron chi connectivity index (χ4n) is 2.38. The van der Waals surface area contributed by atoms with Gasteiger partial charge in [-0.25, -0.2) is 4.68 Å². The van der Waals surface area contributed by atoms with Crippen molar-refractivity contribution in [3.63, 3.8) is 0 Å². The number of hydrogen-bond donors (Lipinski definition) is 1. The third kappa shape index (κ3) is 3.82. The van der Waals surface area contributed by atoms with Crippen molar-refractivity contribution >= 4 is 21.6 Å². The van der Waals surface area contributed by atoms with Crippen LogP contribution >= 0.6 is 15.9 Å². The van der Waals surface area contributed by atoms with Crippen LogP contribution < -0.4 is 10.9 Å². The number of anilines is 1. The minimum absolute atomic E-state index is 0.0662. The van der Waals surface area contributed by atoms with Crippen LogP contribution in [0.3, 0.4) is 0 Å². The molecule has 1 aliphatic rings. The normalized spacial score (nSPS) is 22.8. The first-order valence-electron chi connectivity index (χ1n) is 7.25. The summed E-state index contributed by atoms with van der Waals surface area (Å²) in [6, 6.07) is 0.336. The number of ether oxygens (including phenoxy) is 1. The molecular weight excluding hydrogens is 322 g/mol. The molecular formula is C14H22BrN3O2. The molecule has 0 radical (unpaired) electrons. The van der Waals surface area contributed by atoms with Crippen LogP contribution in [0.2, 0.25) is 0 Å². The molecule has 1 aromatic heterocycles. The quantitative estimate of drug-likeness (QED) is 0.892. The van der Waals surface area contributed by atoms with E-state index in [1.807, 2.05) is 0 Å². The van der Waals surface area contributed by atoms with Crippen molar-refractivity contribution in [3.8, 4) is 0 Å². The molecule has 2 heterocycles. The van der Waals surface area contributed by atoms with Crippen molar-refractivity contribution in [3.05, 3.63) is 21.0 Å². The SMILES string of the molecule is CCCCn1ncc(NC2CCOC(C)C2)c(Br)c1=O. The van der Waals surface area contributed by atoms with E-state index in [0.29, 0.717) is 17.1 Å². The first-order chi connectivity index (χ1) is 9.61. The lowest BCUT2D eigenvalue weighted by molar-refractivity contribution is 0.0232. The van der Waals surface area contributed by atoms with Crippen molar-refractivity contribution in [2.75, 3.05) is 11.9 Å². The number of aromatic nitrogens is 2. The Morgan fingerprint density at radius 1 is 1.60 bits per heavy atom. The van der Waals surface area contributed by atoms with E-state index >= 15 is 0 Å². The highest BCUT2D eigenvalue weighted by Crippen LogP contribution is 2.22. The Hall–Kier alpha value is -0.880. The van der Waals surface area contributed by atoms with Crippen LogP contribution in [0.15, 0.2) is 15.5 Å². The Kier molecular flexibility index (Phi) is 5.60. The van der Waals surface area contributed by atoms with E-state index in [1.54, 1.807) is 6.20 Å². The van der Waals surface area contributed by atoms with Gasteiger partial charge in [0.15, 0.2) is 0 Å². The molecule has 6 heteroatoms. The van der Waals surface area contributed by atoms with Gasteiger partial charge in [0.1, 0.15) is 4.47 Å². The lowest BCUT2D eigenvalue weighted by Crippen LogP contribution is -2.33. The van der Waals surface area contributed by atoms with Gasteiger partial charge in [0, 0.05) is 19.2 Å². The van der Waals surface area contributed by atoms with Crippen molar-refractivity contribution in [2.45, 2.75) is 58.2 Å². The third-order valence-corrected chi connectivity index (χ3v) is 4.32. The van der Waals surface area contributed by atoms with Crippen molar-refractivity contribution in [1.29, 1.82) is 0 Å². The summed E-state index contributed by atoms with van der Waals surface area (Å²) in [7, 11) is 0. The molecule has 1 N–H and O–H groups in total. The molecule has 0 saturated carbocycles. The predicted molar refractivity (Wildman–Crippen MR) is 83.2 cm³/mol. The van der Waals surface area contributed by atoms with E-state index in [4.69, 9.17) is 4.74 Å². The van der Waals surface area contributed by atoms with Crippen LogP contribution in [0.25, 0.3) is 0 Å². The molecule has 1 fully saturated rings. The Bertz CT molecular complexity index is 504. The summed E-state index contributed by atoms with van der Waals surface area (Å²) in [6.45, 7) is 5.60. The van der Waals surface area contributed by atoms with Gasteiger partial charge >= 0.3 is 0 Å². The smallest absolute Gasteiger partial charge is 0.283 e. The maximum Gasteiger partial charge on any atom is 0.283 e. The molecule has 0 amide bonds. The molecule has 1 aliphatic heterocycles. The first kappa shape index (κ1) is 15.5. The zero-order chi connectivity index (χ0) is 14.5. The van der Waals surface area contributed by atoms with E-state index in [0.717, 1.165) is 38.0 Å². The molecule has 2 atom stereocenters. The Labute approximate surface area is 127 Å². The van der Waals surface area contributed by atoms with Crippen LogP contribution in [0, 0.1) is 0 Å². The van der Waals surface area contributed by atoms with E-state index in [-0.39, 0.29) is 11.7 Å². The van der Waals surface area contributed by atoms with Crippen LogP contribution in [0.4, 0.5) is 5.69 Å². The highest BCUT2D eigenvalue weighted by molar-refractivity contribution is 9.10. The maximum atomic E-state index is 12.2. The number of aryl methyl sites for hydroxylation is 1. The fraction of sp³-hybridized carbons (Fsp3) is 0.714. The summed E-state index contributed by atoms with van der Waals surface area (Å²) < 4.78 is 7.62. The molecule has 20 heavy (non-hydrogen) atoms. The van der Waals surface area contributed by atoms with E-state index < -0.39 is 0 Å². The van der Waals surface area contributed by atoms with Gasteiger partial charge in [0.05, 0.1) is 18.0 Å². The first-order valence-corrected chi connectivity index (χ1v) is 8.05. The lowest BCUT2D eigenvalue weighted by atomic mass is 10.0. The number of rotatable bonds is 5. The van der Waals surface area contributed by atoms with Crippen LogP contribution in [0.1, 0.15) is 39.5 Å². The van der Waals surface area contributed by atoms with Gasteiger partial charge in [-0.3, -0.25) is 4.79 Å². The minimum Gasteiger partial charge on any atom is -0.380 e. The van der Waals surface area contributed by atoms with Crippen LogP contribution in [-0.2, 0) is 11.3 Å². The average molecular weight is 344 g/mol. The molecule has 2 rings (SSSR count).